The molecule has 1 aromatic carbocycles. The summed E-state index contributed by atoms with van der Waals surface area (Å²) in [6, 6.07) is 8.17. The summed E-state index contributed by atoms with van der Waals surface area (Å²) >= 11 is 0. The average molecular weight is 259 g/mol. The molecule has 1 aromatic heterocycles. The standard InChI is InChI=1S/C15H17NO3/c1-10-14(11-5-3-4-6-12(11)16-10)15(8-19-9-15)7-13(17)18-2/h3-6,16H,7-9H2,1-2H3. The van der Waals surface area contributed by atoms with Crippen molar-refractivity contribution in [3.63, 3.8) is 0 Å². The Labute approximate surface area is 111 Å². The molecule has 3 rings (SSSR count). The van der Waals surface area contributed by atoms with E-state index in [2.05, 4.69) is 17.1 Å². The van der Waals surface area contributed by atoms with Gasteiger partial charge in [-0.25, -0.2) is 0 Å². The van der Waals surface area contributed by atoms with Crippen LogP contribution in [0.5, 0.6) is 0 Å². The van der Waals surface area contributed by atoms with E-state index in [4.69, 9.17) is 9.47 Å². The number of ether oxygens (including phenoxy) is 2. The summed E-state index contributed by atoms with van der Waals surface area (Å²) in [5.74, 6) is -0.187. The molecule has 0 radical (unpaired) electrons. The highest BCUT2D eigenvalue weighted by Gasteiger charge is 2.45. The van der Waals surface area contributed by atoms with E-state index in [0.717, 1.165) is 11.2 Å². The van der Waals surface area contributed by atoms with E-state index in [9.17, 15) is 4.79 Å². The molecule has 1 N–H and O–H groups in total. The summed E-state index contributed by atoms with van der Waals surface area (Å²) in [6.45, 7) is 3.20. The number of H-pyrrole nitrogens is 1. The minimum Gasteiger partial charge on any atom is -0.469 e. The lowest BCUT2D eigenvalue weighted by Crippen LogP contribution is -2.48. The van der Waals surface area contributed by atoms with Gasteiger partial charge in [0.2, 0.25) is 0 Å². The fraction of sp³-hybridized carbons (Fsp3) is 0.400. The molecule has 0 aliphatic carbocycles. The van der Waals surface area contributed by atoms with Gasteiger partial charge in [-0.05, 0) is 18.6 Å². The molecule has 19 heavy (non-hydrogen) atoms. The Bertz CT molecular complexity index is 625. The lowest BCUT2D eigenvalue weighted by atomic mass is 9.74. The molecule has 0 saturated carbocycles. The van der Waals surface area contributed by atoms with Crippen LogP contribution in [0, 0.1) is 6.92 Å². The van der Waals surface area contributed by atoms with Crippen LogP contribution in [-0.4, -0.2) is 31.3 Å². The molecule has 4 heteroatoms. The first kappa shape index (κ1) is 12.2. The molecule has 4 nitrogen and oxygen atoms in total. The molecule has 100 valence electrons. The van der Waals surface area contributed by atoms with Crippen LogP contribution in [0.4, 0.5) is 0 Å². The molecular weight excluding hydrogens is 242 g/mol. The Hall–Kier alpha value is -1.81. The van der Waals surface area contributed by atoms with Gasteiger partial charge in [0.05, 0.1) is 32.2 Å². The zero-order valence-corrected chi connectivity index (χ0v) is 11.2. The quantitative estimate of drug-likeness (QED) is 0.860. The van der Waals surface area contributed by atoms with Gasteiger partial charge in [0.15, 0.2) is 0 Å². The summed E-state index contributed by atoms with van der Waals surface area (Å²) in [5, 5.41) is 1.17. The van der Waals surface area contributed by atoms with Gasteiger partial charge >= 0.3 is 5.97 Å². The zero-order chi connectivity index (χ0) is 13.5. The summed E-state index contributed by atoms with van der Waals surface area (Å²) < 4.78 is 10.2. The van der Waals surface area contributed by atoms with Crippen LogP contribution in [0.3, 0.4) is 0 Å². The third kappa shape index (κ3) is 1.83. The highest BCUT2D eigenvalue weighted by atomic mass is 16.5. The first-order valence-electron chi connectivity index (χ1n) is 6.39. The second kappa shape index (κ2) is 4.38. The molecule has 1 aliphatic rings. The Morgan fingerprint density at radius 1 is 1.42 bits per heavy atom. The van der Waals surface area contributed by atoms with Crippen molar-refractivity contribution in [3.05, 3.63) is 35.5 Å². The smallest absolute Gasteiger partial charge is 0.306 e. The maximum absolute atomic E-state index is 11.7. The van der Waals surface area contributed by atoms with Crippen LogP contribution in [0.25, 0.3) is 10.9 Å². The Balaban J connectivity index is 2.11. The largest absolute Gasteiger partial charge is 0.469 e. The molecule has 2 aromatic rings. The maximum atomic E-state index is 11.7. The molecule has 1 fully saturated rings. The predicted octanol–water partition coefficient (Wildman–Crippen LogP) is 2.31. The third-order valence-corrected chi connectivity index (χ3v) is 3.89. The lowest BCUT2D eigenvalue weighted by Gasteiger charge is -2.41. The van der Waals surface area contributed by atoms with Crippen LogP contribution < -0.4 is 0 Å². The zero-order valence-electron chi connectivity index (χ0n) is 11.2. The van der Waals surface area contributed by atoms with Crippen molar-refractivity contribution < 1.29 is 14.3 Å². The van der Waals surface area contributed by atoms with Gasteiger partial charge in [-0.1, -0.05) is 18.2 Å². The number of aromatic nitrogens is 1. The average Bonchev–Trinajstić information content (AvgIpc) is 2.70. The number of nitrogens with one attached hydrogen (secondary N) is 1. The van der Waals surface area contributed by atoms with E-state index in [1.807, 2.05) is 19.1 Å². The van der Waals surface area contributed by atoms with Crippen LogP contribution in [0.1, 0.15) is 17.7 Å². The Morgan fingerprint density at radius 3 is 2.79 bits per heavy atom. The predicted molar refractivity (Wildman–Crippen MR) is 72.2 cm³/mol. The van der Waals surface area contributed by atoms with E-state index in [-0.39, 0.29) is 11.4 Å². The Kier molecular flexibility index (Phi) is 2.82. The van der Waals surface area contributed by atoms with Crippen molar-refractivity contribution in [1.82, 2.24) is 4.98 Å². The van der Waals surface area contributed by atoms with Crippen LogP contribution in [0.15, 0.2) is 24.3 Å². The Morgan fingerprint density at radius 2 is 2.16 bits per heavy atom. The number of aryl methyl sites for hydroxylation is 1. The van der Waals surface area contributed by atoms with E-state index >= 15 is 0 Å². The normalized spacial score (nSPS) is 17.2. The monoisotopic (exact) mass is 259 g/mol. The van der Waals surface area contributed by atoms with E-state index < -0.39 is 0 Å². The van der Waals surface area contributed by atoms with Gasteiger partial charge in [0, 0.05) is 16.6 Å². The van der Waals surface area contributed by atoms with Gasteiger partial charge in [0.1, 0.15) is 0 Å². The number of hydrogen-bond donors (Lipinski definition) is 1. The summed E-state index contributed by atoms with van der Waals surface area (Å²) in [4.78, 5) is 15.1. The SMILES string of the molecule is COC(=O)CC1(c2c(C)[nH]c3ccccc23)COC1. The fourth-order valence-electron chi connectivity index (χ4n) is 2.99. The number of fused-ring (bicyclic) bond motifs is 1. The molecule has 0 unspecified atom stereocenters. The second-order valence-electron chi connectivity index (χ2n) is 5.20. The molecule has 0 spiro atoms. The van der Waals surface area contributed by atoms with Crippen molar-refractivity contribution in [2.24, 2.45) is 0 Å². The number of carbonyl (C=O) groups excluding carboxylic acids is 1. The molecule has 0 bridgehead atoms. The minimum absolute atomic E-state index is 0.187. The summed E-state index contributed by atoms with van der Waals surface area (Å²) in [7, 11) is 1.43. The van der Waals surface area contributed by atoms with Crippen molar-refractivity contribution in [3.8, 4) is 0 Å². The topological polar surface area (TPSA) is 51.3 Å². The van der Waals surface area contributed by atoms with E-state index in [0.29, 0.717) is 19.6 Å². The van der Waals surface area contributed by atoms with E-state index in [1.165, 1.54) is 18.1 Å². The van der Waals surface area contributed by atoms with Crippen LogP contribution >= 0.6 is 0 Å². The molecule has 1 saturated heterocycles. The van der Waals surface area contributed by atoms with Crippen molar-refractivity contribution in [2.45, 2.75) is 18.8 Å². The number of hydrogen-bond acceptors (Lipinski definition) is 3. The van der Waals surface area contributed by atoms with Gasteiger partial charge in [0.25, 0.3) is 0 Å². The third-order valence-electron chi connectivity index (χ3n) is 3.89. The number of carbonyl (C=O) groups is 1. The van der Waals surface area contributed by atoms with Crippen LogP contribution in [-0.2, 0) is 19.7 Å². The molecule has 1 aliphatic heterocycles. The first-order valence-corrected chi connectivity index (χ1v) is 6.39. The lowest BCUT2D eigenvalue weighted by molar-refractivity contribution is -0.148. The minimum atomic E-state index is -0.239. The maximum Gasteiger partial charge on any atom is 0.306 e. The van der Waals surface area contributed by atoms with Gasteiger partial charge in [-0.2, -0.15) is 0 Å². The van der Waals surface area contributed by atoms with Crippen LogP contribution in [0.2, 0.25) is 0 Å². The number of rotatable bonds is 3. The van der Waals surface area contributed by atoms with Crippen molar-refractivity contribution >= 4 is 16.9 Å². The highest BCUT2D eigenvalue weighted by molar-refractivity contribution is 5.87. The van der Waals surface area contributed by atoms with Crippen molar-refractivity contribution in [2.75, 3.05) is 20.3 Å². The number of aromatic amines is 1. The van der Waals surface area contributed by atoms with Gasteiger partial charge < -0.3 is 14.5 Å². The number of esters is 1. The second-order valence-corrected chi connectivity index (χ2v) is 5.20. The van der Waals surface area contributed by atoms with Gasteiger partial charge in [-0.15, -0.1) is 0 Å². The number of para-hydroxylation sites is 1. The van der Waals surface area contributed by atoms with Gasteiger partial charge in [-0.3, -0.25) is 4.79 Å². The molecule has 0 amide bonds. The molecule has 2 heterocycles. The van der Waals surface area contributed by atoms with Crippen molar-refractivity contribution in [1.29, 1.82) is 0 Å². The highest BCUT2D eigenvalue weighted by Crippen LogP contribution is 2.41. The first-order chi connectivity index (χ1) is 9.16. The fourth-order valence-corrected chi connectivity index (χ4v) is 2.99. The summed E-state index contributed by atoms with van der Waals surface area (Å²) in [6.07, 6.45) is 0.367. The molecular formula is C15H17NO3. The molecule has 0 atom stereocenters. The number of benzene rings is 1. The van der Waals surface area contributed by atoms with E-state index in [1.54, 1.807) is 0 Å². The summed E-state index contributed by atoms with van der Waals surface area (Å²) in [5.41, 5.74) is 3.16. The number of methoxy groups -OCH3 is 1.